The lowest BCUT2D eigenvalue weighted by Gasteiger charge is -2.16. The third-order valence-corrected chi connectivity index (χ3v) is 4.62. The van der Waals surface area contributed by atoms with Crippen molar-refractivity contribution in [3.8, 4) is 0 Å². The lowest BCUT2D eigenvalue weighted by Crippen LogP contribution is -2.37. The number of guanidine groups is 1. The van der Waals surface area contributed by atoms with Crippen LogP contribution in [0.15, 0.2) is 29.3 Å². The largest absolute Gasteiger partial charge is 0.357 e. The minimum absolute atomic E-state index is 0.273. The number of benzene rings is 1. The molecule has 1 heterocycles. The summed E-state index contributed by atoms with van der Waals surface area (Å²) >= 11 is 0. The van der Waals surface area contributed by atoms with Crippen LogP contribution in [0.25, 0.3) is 0 Å². The Morgan fingerprint density at radius 1 is 1.15 bits per heavy atom. The number of rotatable bonds is 10. The Morgan fingerprint density at radius 2 is 2.00 bits per heavy atom. The molecule has 1 amide bonds. The predicted octanol–water partition coefficient (Wildman–Crippen LogP) is 3.44. The molecule has 0 aliphatic carbocycles. The molecule has 1 saturated heterocycles. The molecule has 0 atom stereocenters. The van der Waals surface area contributed by atoms with Gasteiger partial charge in [0.05, 0.1) is 6.54 Å². The van der Waals surface area contributed by atoms with Gasteiger partial charge in [0, 0.05) is 32.6 Å². The molecule has 0 unspecified atom stereocenters. The maximum Gasteiger partial charge on any atom is 0.222 e. The minimum Gasteiger partial charge on any atom is -0.357 e. The first-order chi connectivity index (χ1) is 12.7. The van der Waals surface area contributed by atoms with Gasteiger partial charge in [-0.2, -0.15) is 0 Å². The van der Waals surface area contributed by atoms with E-state index in [2.05, 4.69) is 48.7 Å². The number of unbranched alkanes of at least 4 members (excludes halogenated alkanes) is 3. The van der Waals surface area contributed by atoms with Gasteiger partial charge >= 0.3 is 0 Å². The maximum absolute atomic E-state index is 11.8. The van der Waals surface area contributed by atoms with E-state index in [-0.39, 0.29) is 5.91 Å². The van der Waals surface area contributed by atoms with Crippen molar-refractivity contribution in [3.05, 3.63) is 35.4 Å². The van der Waals surface area contributed by atoms with Crippen LogP contribution >= 0.6 is 0 Å². The molecule has 2 N–H and O–H groups in total. The van der Waals surface area contributed by atoms with Crippen LogP contribution in [-0.4, -0.2) is 36.4 Å². The second-order valence-corrected chi connectivity index (χ2v) is 6.92. The molecule has 1 fully saturated rings. The Labute approximate surface area is 158 Å². The summed E-state index contributed by atoms with van der Waals surface area (Å²) in [5.41, 5.74) is 2.36. The fraction of sp³-hybridized carbons (Fsp3) is 0.619. The van der Waals surface area contributed by atoms with Crippen molar-refractivity contribution >= 4 is 11.9 Å². The molecule has 5 nitrogen and oxygen atoms in total. The second-order valence-electron chi connectivity index (χ2n) is 6.92. The first-order valence-corrected chi connectivity index (χ1v) is 10.1. The van der Waals surface area contributed by atoms with Gasteiger partial charge in [-0.25, -0.2) is 4.99 Å². The molecular formula is C21H34N4O. The summed E-state index contributed by atoms with van der Waals surface area (Å²) in [6, 6.07) is 8.42. The fourth-order valence-corrected chi connectivity index (χ4v) is 3.19. The average Bonchev–Trinajstić information content (AvgIpc) is 3.04. The second kappa shape index (κ2) is 11.6. The molecule has 0 radical (unpaired) electrons. The van der Waals surface area contributed by atoms with E-state index >= 15 is 0 Å². The molecule has 1 aromatic rings. The van der Waals surface area contributed by atoms with Crippen LogP contribution in [0.2, 0.25) is 0 Å². The SMILES string of the molecule is CCCCCCNC(=NCc1cccc(CN2CCCC2=O)c1)NCC. The summed E-state index contributed by atoms with van der Waals surface area (Å²) in [6.07, 6.45) is 6.67. The summed E-state index contributed by atoms with van der Waals surface area (Å²) < 4.78 is 0. The van der Waals surface area contributed by atoms with E-state index in [1.165, 1.54) is 36.8 Å². The lowest BCUT2D eigenvalue weighted by atomic mass is 10.1. The number of carbonyl (C=O) groups excluding carboxylic acids is 1. The van der Waals surface area contributed by atoms with E-state index in [1.807, 2.05) is 4.90 Å². The fourth-order valence-electron chi connectivity index (χ4n) is 3.19. The first kappa shape index (κ1) is 20.3. The highest BCUT2D eigenvalue weighted by Gasteiger charge is 2.19. The van der Waals surface area contributed by atoms with E-state index in [9.17, 15) is 4.79 Å². The molecule has 5 heteroatoms. The average molecular weight is 359 g/mol. The van der Waals surface area contributed by atoms with E-state index in [4.69, 9.17) is 4.99 Å². The summed E-state index contributed by atoms with van der Waals surface area (Å²) in [4.78, 5) is 18.5. The van der Waals surface area contributed by atoms with Crippen LogP contribution < -0.4 is 10.6 Å². The Kier molecular flexibility index (Phi) is 9.01. The van der Waals surface area contributed by atoms with Crippen LogP contribution in [0.1, 0.15) is 63.5 Å². The van der Waals surface area contributed by atoms with E-state index in [0.29, 0.717) is 19.5 Å². The number of likely N-dealkylation sites (tertiary alicyclic amines) is 1. The summed E-state index contributed by atoms with van der Waals surface area (Å²) in [5.74, 6) is 1.15. The van der Waals surface area contributed by atoms with Gasteiger partial charge in [0.15, 0.2) is 5.96 Å². The normalized spacial score (nSPS) is 14.8. The van der Waals surface area contributed by atoms with Crippen LogP contribution in [0, 0.1) is 0 Å². The number of aliphatic imine (C=N–C) groups is 1. The first-order valence-electron chi connectivity index (χ1n) is 10.1. The zero-order chi connectivity index (χ0) is 18.6. The Morgan fingerprint density at radius 3 is 2.73 bits per heavy atom. The van der Waals surface area contributed by atoms with Gasteiger partial charge in [-0.3, -0.25) is 4.79 Å². The molecule has 26 heavy (non-hydrogen) atoms. The van der Waals surface area contributed by atoms with Gasteiger partial charge in [0.1, 0.15) is 0 Å². The van der Waals surface area contributed by atoms with Gasteiger partial charge in [0.25, 0.3) is 0 Å². The van der Waals surface area contributed by atoms with Crippen molar-refractivity contribution in [1.82, 2.24) is 15.5 Å². The zero-order valence-corrected chi connectivity index (χ0v) is 16.4. The van der Waals surface area contributed by atoms with Gasteiger partial charge in [-0.15, -0.1) is 0 Å². The van der Waals surface area contributed by atoms with Crippen molar-refractivity contribution in [1.29, 1.82) is 0 Å². The van der Waals surface area contributed by atoms with E-state index in [0.717, 1.165) is 32.0 Å². The topological polar surface area (TPSA) is 56.7 Å². The Bertz CT molecular complexity index is 585. The van der Waals surface area contributed by atoms with Gasteiger partial charge in [0.2, 0.25) is 5.91 Å². The maximum atomic E-state index is 11.8. The van der Waals surface area contributed by atoms with E-state index in [1.54, 1.807) is 0 Å². The lowest BCUT2D eigenvalue weighted by molar-refractivity contribution is -0.128. The third-order valence-electron chi connectivity index (χ3n) is 4.62. The zero-order valence-electron chi connectivity index (χ0n) is 16.4. The molecule has 0 spiro atoms. The third kappa shape index (κ3) is 7.06. The van der Waals surface area contributed by atoms with Gasteiger partial charge in [-0.05, 0) is 30.9 Å². The molecule has 1 aliphatic heterocycles. The smallest absolute Gasteiger partial charge is 0.222 e. The van der Waals surface area contributed by atoms with Crippen molar-refractivity contribution in [2.75, 3.05) is 19.6 Å². The molecular weight excluding hydrogens is 324 g/mol. The highest BCUT2D eigenvalue weighted by molar-refractivity contribution is 5.79. The number of nitrogens with one attached hydrogen (secondary N) is 2. The van der Waals surface area contributed by atoms with Gasteiger partial charge in [-0.1, -0.05) is 50.5 Å². The van der Waals surface area contributed by atoms with Crippen molar-refractivity contribution < 1.29 is 4.79 Å². The number of amides is 1. The minimum atomic E-state index is 0.273. The number of nitrogens with zero attached hydrogens (tertiary/aromatic N) is 2. The van der Waals surface area contributed by atoms with Crippen molar-refractivity contribution in [2.24, 2.45) is 4.99 Å². The highest BCUT2D eigenvalue weighted by atomic mass is 16.2. The quantitative estimate of drug-likeness (QED) is 0.383. The monoisotopic (exact) mass is 358 g/mol. The molecule has 1 aliphatic rings. The number of hydrogen-bond donors (Lipinski definition) is 2. The molecule has 1 aromatic carbocycles. The summed E-state index contributed by atoms with van der Waals surface area (Å²) in [5, 5.41) is 6.72. The number of hydrogen-bond acceptors (Lipinski definition) is 2. The van der Waals surface area contributed by atoms with Crippen LogP contribution in [0.5, 0.6) is 0 Å². The Hall–Kier alpha value is -2.04. The Balaban J connectivity index is 1.87. The molecule has 2 rings (SSSR count). The van der Waals surface area contributed by atoms with Gasteiger partial charge < -0.3 is 15.5 Å². The standard InChI is InChI=1S/C21H34N4O/c1-3-5-6-7-13-23-21(22-4-2)24-16-18-10-8-11-19(15-18)17-25-14-9-12-20(25)26/h8,10-11,15H,3-7,9,12-14,16-17H2,1-2H3,(H2,22,23,24). The summed E-state index contributed by atoms with van der Waals surface area (Å²) in [7, 11) is 0. The molecule has 144 valence electrons. The highest BCUT2D eigenvalue weighted by Crippen LogP contribution is 2.15. The molecule has 0 aromatic heterocycles. The predicted molar refractivity (Wildman–Crippen MR) is 108 cm³/mol. The van der Waals surface area contributed by atoms with Crippen LogP contribution in [-0.2, 0) is 17.9 Å². The van der Waals surface area contributed by atoms with Crippen molar-refractivity contribution in [2.45, 2.75) is 65.5 Å². The molecule has 0 bridgehead atoms. The van der Waals surface area contributed by atoms with Crippen LogP contribution in [0.4, 0.5) is 0 Å². The molecule has 0 saturated carbocycles. The van der Waals surface area contributed by atoms with Crippen molar-refractivity contribution in [3.63, 3.8) is 0 Å². The van der Waals surface area contributed by atoms with E-state index < -0.39 is 0 Å². The van der Waals surface area contributed by atoms with Crippen LogP contribution in [0.3, 0.4) is 0 Å². The number of carbonyl (C=O) groups is 1. The summed E-state index contributed by atoms with van der Waals surface area (Å²) in [6.45, 7) is 8.38.